The minimum Gasteiger partial charge on any atom is -0.339 e. The summed E-state index contributed by atoms with van der Waals surface area (Å²) >= 11 is 3.63. The van der Waals surface area contributed by atoms with Gasteiger partial charge < -0.3 is 10.2 Å². The monoisotopic (exact) mass is 349 g/mol. The Morgan fingerprint density at radius 3 is 2.81 bits per heavy atom. The average Bonchev–Trinajstić information content (AvgIpc) is 3.00. The number of piperidine rings is 1. The van der Waals surface area contributed by atoms with Crippen molar-refractivity contribution in [3.8, 4) is 11.4 Å². The highest BCUT2D eigenvalue weighted by atomic mass is 79.9. The van der Waals surface area contributed by atoms with Crippen molar-refractivity contribution in [1.82, 2.24) is 20.5 Å². The van der Waals surface area contributed by atoms with Gasteiger partial charge >= 0.3 is 0 Å². The second kappa shape index (κ2) is 6.15. The van der Waals surface area contributed by atoms with Gasteiger partial charge in [0.05, 0.1) is 0 Å². The number of hydrogen-bond donors (Lipinski definition) is 2. The Hall–Kier alpha value is -1.40. The summed E-state index contributed by atoms with van der Waals surface area (Å²) < 4.78 is 1.07. The van der Waals surface area contributed by atoms with Crippen molar-refractivity contribution >= 4 is 21.9 Å². The smallest absolute Gasteiger partial charge is 0.245 e. The number of nitrogens with one attached hydrogen (secondary N) is 2. The third kappa shape index (κ3) is 2.96. The number of aromatic nitrogens is 3. The van der Waals surface area contributed by atoms with Gasteiger partial charge in [-0.3, -0.25) is 5.10 Å². The lowest BCUT2D eigenvalue weighted by Gasteiger charge is -2.30. The quantitative estimate of drug-likeness (QED) is 0.894. The first-order chi connectivity index (χ1) is 10.2. The van der Waals surface area contributed by atoms with E-state index in [4.69, 9.17) is 0 Å². The van der Waals surface area contributed by atoms with Crippen molar-refractivity contribution < 1.29 is 0 Å². The summed E-state index contributed by atoms with van der Waals surface area (Å²) in [6.07, 6.45) is 2.27. The van der Waals surface area contributed by atoms with Crippen LogP contribution in [-0.4, -0.2) is 41.4 Å². The second-order valence-corrected chi connectivity index (χ2v) is 6.26. The number of halogens is 1. The molecule has 0 radical (unpaired) electrons. The highest BCUT2D eigenvalue weighted by Crippen LogP contribution is 2.29. The molecule has 2 aromatic rings. The van der Waals surface area contributed by atoms with E-state index in [9.17, 15) is 0 Å². The lowest BCUT2D eigenvalue weighted by molar-refractivity contribution is 0.439. The second-order valence-electron chi connectivity index (χ2n) is 5.47. The number of rotatable bonds is 3. The van der Waals surface area contributed by atoms with Crippen LogP contribution in [0, 0.1) is 6.92 Å². The number of aromatic amines is 1. The largest absolute Gasteiger partial charge is 0.339 e. The van der Waals surface area contributed by atoms with Crippen LogP contribution in [0.5, 0.6) is 0 Å². The summed E-state index contributed by atoms with van der Waals surface area (Å²) in [5.74, 6) is 1.62. The molecule has 1 saturated heterocycles. The van der Waals surface area contributed by atoms with Crippen molar-refractivity contribution in [2.75, 3.05) is 25.0 Å². The van der Waals surface area contributed by atoms with E-state index >= 15 is 0 Å². The van der Waals surface area contributed by atoms with E-state index in [0.29, 0.717) is 6.04 Å². The molecule has 1 aliphatic heterocycles. The van der Waals surface area contributed by atoms with E-state index in [2.05, 4.69) is 60.4 Å². The molecular weight excluding hydrogens is 330 g/mol. The first-order valence-corrected chi connectivity index (χ1v) is 8.08. The van der Waals surface area contributed by atoms with Crippen molar-refractivity contribution in [2.24, 2.45) is 0 Å². The first-order valence-electron chi connectivity index (χ1n) is 7.29. The fourth-order valence-corrected chi connectivity index (χ4v) is 3.17. The van der Waals surface area contributed by atoms with Gasteiger partial charge in [0.15, 0.2) is 5.82 Å². The lowest BCUT2D eigenvalue weighted by atomic mass is 10.1. The van der Waals surface area contributed by atoms with E-state index in [1.807, 2.05) is 13.1 Å². The molecule has 21 heavy (non-hydrogen) atoms. The van der Waals surface area contributed by atoms with Crippen LogP contribution in [0.4, 0.5) is 5.95 Å². The SMILES string of the molecule is CNC1CCN(c2n[nH]c(-c3cccc(C)c3Br)n2)CC1. The van der Waals surface area contributed by atoms with E-state index in [1.54, 1.807) is 0 Å². The van der Waals surface area contributed by atoms with Gasteiger partial charge in [0.1, 0.15) is 0 Å². The molecule has 1 aromatic heterocycles. The third-order valence-electron chi connectivity index (χ3n) is 4.11. The van der Waals surface area contributed by atoms with E-state index in [-0.39, 0.29) is 0 Å². The van der Waals surface area contributed by atoms with Crippen LogP contribution >= 0.6 is 15.9 Å². The Morgan fingerprint density at radius 1 is 1.33 bits per heavy atom. The molecule has 112 valence electrons. The minimum absolute atomic E-state index is 0.616. The third-order valence-corrected chi connectivity index (χ3v) is 5.16. The van der Waals surface area contributed by atoms with Crippen LogP contribution in [0.1, 0.15) is 18.4 Å². The fourth-order valence-electron chi connectivity index (χ4n) is 2.71. The zero-order chi connectivity index (χ0) is 14.8. The van der Waals surface area contributed by atoms with Crippen molar-refractivity contribution in [3.05, 3.63) is 28.2 Å². The molecule has 0 bridgehead atoms. The van der Waals surface area contributed by atoms with Crippen molar-refractivity contribution in [1.29, 1.82) is 0 Å². The molecule has 0 aliphatic carbocycles. The lowest BCUT2D eigenvalue weighted by Crippen LogP contribution is -2.41. The Bertz CT molecular complexity index is 616. The summed E-state index contributed by atoms with van der Waals surface area (Å²) in [5, 5.41) is 10.8. The topological polar surface area (TPSA) is 56.8 Å². The van der Waals surface area contributed by atoms with Crippen LogP contribution in [0.15, 0.2) is 22.7 Å². The predicted molar refractivity (Wildman–Crippen MR) is 88.6 cm³/mol. The standard InChI is InChI=1S/C15H20BrN5/c1-10-4-3-5-12(13(10)16)14-18-15(20-19-14)21-8-6-11(17-2)7-9-21/h3-5,11,17H,6-9H2,1-2H3,(H,18,19,20). The maximum atomic E-state index is 4.67. The highest BCUT2D eigenvalue weighted by molar-refractivity contribution is 9.10. The van der Waals surface area contributed by atoms with Crippen LogP contribution in [-0.2, 0) is 0 Å². The van der Waals surface area contributed by atoms with Crippen LogP contribution < -0.4 is 10.2 Å². The van der Waals surface area contributed by atoms with Crippen LogP contribution in [0.3, 0.4) is 0 Å². The molecule has 1 aliphatic rings. The summed E-state index contributed by atoms with van der Waals surface area (Å²) in [6, 6.07) is 6.78. The number of aryl methyl sites for hydroxylation is 1. The van der Waals surface area contributed by atoms with Gasteiger partial charge in [0, 0.05) is 29.2 Å². The summed E-state index contributed by atoms with van der Waals surface area (Å²) in [5.41, 5.74) is 2.25. The number of hydrogen-bond acceptors (Lipinski definition) is 4. The predicted octanol–water partition coefficient (Wildman–Crippen LogP) is 2.73. The van der Waals surface area contributed by atoms with Crippen molar-refractivity contribution in [2.45, 2.75) is 25.8 Å². The highest BCUT2D eigenvalue weighted by Gasteiger charge is 2.21. The van der Waals surface area contributed by atoms with Gasteiger partial charge in [0.2, 0.25) is 5.95 Å². The maximum absolute atomic E-state index is 4.67. The van der Waals surface area contributed by atoms with E-state index < -0.39 is 0 Å². The molecule has 2 heterocycles. The Balaban J connectivity index is 1.79. The molecular formula is C15H20BrN5. The fraction of sp³-hybridized carbons (Fsp3) is 0.467. The van der Waals surface area contributed by atoms with Gasteiger partial charge in [-0.1, -0.05) is 18.2 Å². The number of nitrogens with zero attached hydrogens (tertiary/aromatic N) is 3. The molecule has 1 fully saturated rings. The molecule has 0 amide bonds. The molecule has 2 N–H and O–H groups in total. The maximum Gasteiger partial charge on any atom is 0.245 e. The Kier molecular flexibility index (Phi) is 4.26. The molecule has 5 nitrogen and oxygen atoms in total. The molecule has 6 heteroatoms. The molecule has 0 unspecified atom stereocenters. The molecule has 0 atom stereocenters. The zero-order valence-electron chi connectivity index (χ0n) is 12.4. The molecule has 0 saturated carbocycles. The van der Waals surface area contributed by atoms with Crippen molar-refractivity contribution in [3.63, 3.8) is 0 Å². The Labute approximate surface area is 133 Å². The molecule has 3 rings (SSSR count). The normalized spacial score (nSPS) is 16.4. The molecule has 0 spiro atoms. The van der Waals surface area contributed by atoms with Crippen LogP contribution in [0.25, 0.3) is 11.4 Å². The van der Waals surface area contributed by atoms with Gasteiger partial charge in [0.25, 0.3) is 0 Å². The minimum atomic E-state index is 0.616. The number of anilines is 1. The van der Waals surface area contributed by atoms with Gasteiger partial charge in [-0.15, -0.1) is 5.10 Å². The first kappa shape index (κ1) is 14.5. The average molecular weight is 350 g/mol. The Morgan fingerprint density at radius 2 is 2.10 bits per heavy atom. The summed E-state index contributed by atoms with van der Waals surface area (Å²) in [4.78, 5) is 6.91. The van der Waals surface area contributed by atoms with Crippen LogP contribution in [0.2, 0.25) is 0 Å². The van der Waals surface area contributed by atoms with E-state index in [0.717, 1.165) is 47.7 Å². The molecule has 1 aromatic carbocycles. The number of H-pyrrole nitrogens is 1. The van der Waals surface area contributed by atoms with E-state index in [1.165, 1.54) is 5.56 Å². The zero-order valence-corrected chi connectivity index (χ0v) is 13.9. The number of benzene rings is 1. The summed E-state index contributed by atoms with van der Waals surface area (Å²) in [6.45, 7) is 4.07. The summed E-state index contributed by atoms with van der Waals surface area (Å²) in [7, 11) is 2.03. The van der Waals surface area contributed by atoms with Gasteiger partial charge in [-0.2, -0.15) is 4.98 Å². The van der Waals surface area contributed by atoms with Gasteiger partial charge in [-0.25, -0.2) is 0 Å². The van der Waals surface area contributed by atoms with Gasteiger partial charge in [-0.05, 0) is 48.3 Å².